The summed E-state index contributed by atoms with van der Waals surface area (Å²) in [7, 11) is 1.59. The topological polar surface area (TPSA) is 62.1 Å². The quantitative estimate of drug-likeness (QED) is 0.889. The van der Waals surface area contributed by atoms with E-state index >= 15 is 0 Å². The first kappa shape index (κ1) is 12.4. The Morgan fingerprint density at radius 2 is 1.94 bits per heavy atom. The second-order valence-corrected chi connectivity index (χ2v) is 4.58. The summed E-state index contributed by atoms with van der Waals surface area (Å²) in [5, 5.41) is 12.0. The molecule has 1 aromatic carbocycles. The minimum absolute atomic E-state index is 0.187. The number of carbonyl (C=O) groups excluding carboxylic acids is 1. The molecule has 0 spiro atoms. The number of anilines is 1. The van der Waals surface area contributed by atoms with Crippen LogP contribution in [0.1, 0.15) is 25.7 Å². The standard InChI is InChI=1S/C14H16N2O2/c1-18-12-6-4-11(5-7-12)16-13(17)14(10-15)8-2-3-9-14/h4-7H,2-3,8-9H2,1H3,(H,16,17). The van der Waals surface area contributed by atoms with Crippen LogP contribution in [0.15, 0.2) is 24.3 Å². The predicted molar refractivity (Wildman–Crippen MR) is 68.1 cm³/mol. The molecule has 1 aliphatic carbocycles. The van der Waals surface area contributed by atoms with Gasteiger partial charge < -0.3 is 10.1 Å². The molecule has 1 saturated carbocycles. The molecule has 0 aromatic heterocycles. The van der Waals surface area contributed by atoms with Crippen molar-refractivity contribution in [2.24, 2.45) is 5.41 Å². The third kappa shape index (κ3) is 2.30. The van der Waals surface area contributed by atoms with Crippen LogP contribution >= 0.6 is 0 Å². The van der Waals surface area contributed by atoms with E-state index in [9.17, 15) is 10.1 Å². The van der Waals surface area contributed by atoms with E-state index < -0.39 is 5.41 Å². The predicted octanol–water partition coefficient (Wildman–Crippen LogP) is 2.72. The number of benzene rings is 1. The van der Waals surface area contributed by atoms with E-state index in [-0.39, 0.29) is 5.91 Å². The molecule has 1 aromatic rings. The van der Waals surface area contributed by atoms with Crippen molar-refractivity contribution in [2.75, 3.05) is 12.4 Å². The molecule has 1 fully saturated rings. The smallest absolute Gasteiger partial charge is 0.244 e. The van der Waals surface area contributed by atoms with E-state index in [1.54, 1.807) is 31.4 Å². The Morgan fingerprint density at radius 3 is 2.44 bits per heavy atom. The molecule has 94 valence electrons. The highest BCUT2D eigenvalue weighted by Crippen LogP contribution is 2.38. The number of methoxy groups -OCH3 is 1. The van der Waals surface area contributed by atoms with Crippen molar-refractivity contribution in [3.05, 3.63) is 24.3 Å². The zero-order valence-corrected chi connectivity index (χ0v) is 10.4. The van der Waals surface area contributed by atoms with Crippen molar-refractivity contribution >= 4 is 11.6 Å². The number of carbonyl (C=O) groups is 1. The number of nitriles is 1. The summed E-state index contributed by atoms with van der Waals surface area (Å²) in [6, 6.07) is 9.29. The maximum atomic E-state index is 12.2. The molecule has 1 aliphatic rings. The van der Waals surface area contributed by atoms with Gasteiger partial charge >= 0.3 is 0 Å². The Hall–Kier alpha value is -2.02. The Balaban J connectivity index is 2.08. The first-order valence-electron chi connectivity index (χ1n) is 6.07. The molecular weight excluding hydrogens is 228 g/mol. The molecule has 0 radical (unpaired) electrons. The lowest BCUT2D eigenvalue weighted by Gasteiger charge is -2.19. The van der Waals surface area contributed by atoms with Gasteiger partial charge in [-0.25, -0.2) is 0 Å². The number of nitrogens with one attached hydrogen (secondary N) is 1. The SMILES string of the molecule is COc1ccc(NC(=O)C2(C#N)CCCC2)cc1. The zero-order valence-electron chi connectivity index (χ0n) is 10.4. The van der Waals surface area contributed by atoms with Gasteiger partial charge in [-0.15, -0.1) is 0 Å². The number of hydrogen-bond donors (Lipinski definition) is 1. The highest BCUT2D eigenvalue weighted by atomic mass is 16.5. The molecule has 2 rings (SSSR count). The molecular formula is C14H16N2O2. The number of hydrogen-bond acceptors (Lipinski definition) is 3. The van der Waals surface area contributed by atoms with Gasteiger partial charge in [0, 0.05) is 5.69 Å². The second-order valence-electron chi connectivity index (χ2n) is 4.58. The minimum Gasteiger partial charge on any atom is -0.497 e. The molecule has 1 N–H and O–H groups in total. The Kier molecular flexibility index (Phi) is 3.52. The van der Waals surface area contributed by atoms with E-state index in [1.165, 1.54) is 0 Å². The summed E-state index contributed by atoms with van der Waals surface area (Å²) in [4.78, 5) is 12.2. The molecule has 0 heterocycles. The van der Waals surface area contributed by atoms with Crippen LogP contribution in [0.2, 0.25) is 0 Å². The summed E-state index contributed by atoms with van der Waals surface area (Å²) in [5.74, 6) is 0.552. The fourth-order valence-corrected chi connectivity index (χ4v) is 2.29. The molecule has 0 unspecified atom stereocenters. The number of rotatable bonds is 3. The molecule has 0 bridgehead atoms. The van der Waals surface area contributed by atoms with Crippen LogP contribution in [0, 0.1) is 16.7 Å². The zero-order chi connectivity index (χ0) is 13.0. The van der Waals surface area contributed by atoms with Crippen LogP contribution < -0.4 is 10.1 Å². The first-order valence-corrected chi connectivity index (χ1v) is 6.07. The summed E-state index contributed by atoms with van der Waals surface area (Å²) in [6.07, 6.45) is 3.21. The highest BCUT2D eigenvalue weighted by molar-refractivity contribution is 5.97. The van der Waals surface area contributed by atoms with Gasteiger partial charge in [0.1, 0.15) is 11.2 Å². The first-order chi connectivity index (χ1) is 8.70. The van der Waals surface area contributed by atoms with Crippen molar-refractivity contribution in [1.82, 2.24) is 0 Å². The van der Waals surface area contributed by atoms with Gasteiger partial charge in [0.05, 0.1) is 13.2 Å². The molecule has 4 heteroatoms. The van der Waals surface area contributed by atoms with Crippen LogP contribution in [0.4, 0.5) is 5.69 Å². The van der Waals surface area contributed by atoms with Crippen molar-refractivity contribution in [2.45, 2.75) is 25.7 Å². The van der Waals surface area contributed by atoms with Crippen LogP contribution in [0.5, 0.6) is 5.75 Å². The van der Waals surface area contributed by atoms with Crippen LogP contribution in [0.25, 0.3) is 0 Å². The van der Waals surface area contributed by atoms with Crippen molar-refractivity contribution in [1.29, 1.82) is 5.26 Å². The fourth-order valence-electron chi connectivity index (χ4n) is 2.29. The molecule has 0 saturated heterocycles. The van der Waals surface area contributed by atoms with Crippen LogP contribution in [-0.2, 0) is 4.79 Å². The average molecular weight is 244 g/mol. The van der Waals surface area contributed by atoms with E-state index in [4.69, 9.17) is 4.74 Å². The van der Waals surface area contributed by atoms with Gasteiger partial charge in [-0.05, 0) is 37.1 Å². The maximum absolute atomic E-state index is 12.2. The summed E-state index contributed by atoms with van der Waals surface area (Å²) in [5.41, 5.74) is -0.137. The van der Waals surface area contributed by atoms with Crippen LogP contribution in [-0.4, -0.2) is 13.0 Å². The monoisotopic (exact) mass is 244 g/mol. The lowest BCUT2D eigenvalue weighted by molar-refractivity contribution is -0.122. The summed E-state index contributed by atoms with van der Waals surface area (Å²) >= 11 is 0. The minimum atomic E-state index is -0.833. The van der Waals surface area contributed by atoms with E-state index in [0.717, 1.165) is 18.6 Å². The number of nitrogens with zero attached hydrogens (tertiary/aromatic N) is 1. The third-order valence-electron chi connectivity index (χ3n) is 3.45. The van der Waals surface area contributed by atoms with Gasteiger partial charge in [0.25, 0.3) is 0 Å². The highest BCUT2D eigenvalue weighted by Gasteiger charge is 2.41. The molecule has 18 heavy (non-hydrogen) atoms. The van der Waals surface area contributed by atoms with Crippen molar-refractivity contribution in [3.8, 4) is 11.8 Å². The van der Waals surface area contributed by atoms with E-state index in [1.807, 2.05) is 0 Å². The van der Waals surface area contributed by atoms with E-state index in [0.29, 0.717) is 18.5 Å². The summed E-state index contributed by atoms with van der Waals surface area (Å²) < 4.78 is 5.05. The lowest BCUT2D eigenvalue weighted by atomic mass is 9.87. The Bertz CT molecular complexity index is 468. The van der Waals surface area contributed by atoms with Gasteiger partial charge in [0.2, 0.25) is 5.91 Å². The second kappa shape index (κ2) is 5.09. The van der Waals surface area contributed by atoms with Gasteiger partial charge in [-0.2, -0.15) is 5.26 Å². The van der Waals surface area contributed by atoms with Crippen LogP contribution in [0.3, 0.4) is 0 Å². The number of amides is 1. The fraction of sp³-hybridized carbons (Fsp3) is 0.429. The third-order valence-corrected chi connectivity index (χ3v) is 3.45. The largest absolute Gasteiger partial charge is 0.497 e. The van der Waals surface area contributed by atoms with Crippen molar-refractivity contribution < 1.29 is 9.53 Å². The van der Waals surface area contributed by atoms with E-state index in [2.05, 4.69) is 11.4 Å². The van der Waals surface area contributed by atoms with Crippen molar-refractivity contribution in [3.63, 3.8) is 0 Å². The number of ether oxygens (including phenoxy) is 1. The molecule has 0 aliphatic heterocycles. The van der Waals surface area contributed by atoms with Gasteiger partial charge in [-0.3, -0.25) is 4.79 Å². The average Bonchev–Trinajstić information content (AvgIpc) is 2.89. The Morgan fingerprint density at radius 1 is 1.33 bits per heavy atom. The molecule has 4 nitrogen and oxygen atoms in total. The lowest BCUT2D eigenvalue weighted by Crippen LogP contribution is -2.32. The maximum Gasteiger partial charge on any atom is 0.244 e. The summed E-state index contributed by atoms with van der Waals surface area (Å²) in [6.45, 7) is 0. The van der Waals surface area contributed by atoms with Gasteiger partial charge in [0.15, 0.2) is 0 Å². The molecule has 0 atom stereocenters. The van der Waals surface area contributed by atoms with Gasteiger partial charge in [-0.1, -0.05) is 12.8 Å². The molecule has 1 amide bonds. The normalized spacial score (nSPS) is 16.9. The Labute approximate surface area is 107 Å².